The number of furan rings is 1. The number of rotatable bonds is 6. The molecule has 0 spiro atoms. The molecule has 0 aliphatic rings. The summed E-state index contributed by atoms with van der Waals surface area (Å²) in [5, 5.41) is 4.41. The van der Waals surface area contributed by atoms with Crippen molar-refractivity contribution in [2.75, 3.05) is 5.75 Å². The van der Waals surface area contributed by atoms with Crippen molar-refractivity contribution in [1.29, 1.82) is 0 Å². The summed E-state index contributed by atoms with van der Waals surface area (Å²) < 4.78 is 10.9. The minimum absolute atomic E-state index is 0.0266. The maximum absolute atomic E-state index is 12.3. The molecule has 3 heterocycles. The van der Waals surface area contributed by atoms with E-state index in [1.165, 1.54) is 11.8 Å². The van der Waals surface area contributed by atoms with E-state index in [0.717, 1.165) is 5.69 Å². The molecule has 1 aromatic carbocycles. The molecule has 3 aromatic heterocycles. The van der Waals surface area contributed by atoms with Crippen molar-refractivity contribution in [2.24, 2.45) is 0 Å². The Morgan fingerprint density at radius 2 is 1.96 bits per heavy atom. The maximum Gasteiger partial charge on any atom is 0.188 e. The van der Waals surface area contributed by atoms with E-state index in [-0.39, 0.29) is 11.5 Å². The summed E-state index contributed by atoms with van der Waals surface area (Å²) in [5.41, 5.74) is 2.72. The van der Waals surface area contributed by atoms with Crippen molar-refractivity contribution in [3.63, 3.8) is 0 Å². The second kappa shape index (κ2) is 7.59. The maximum atomic E-state index is 12.3. The lowest BCUT2D eigenvalue weighted by molar-refractivity contribution is 0.102. The van der Waals surface area contributed by atoms with Crippen molar-refractivity contribution < 1.29 is 13.7 Å². The van der Waals surface area contributed by atoms with E-state index < -0.39 is 0 Å². The number of Topliss-reactive ketones (excluding diaryl/α,β-unsaturated/α-hetero) is 1. The van der Waals surface area contributed by atoms with Crippen LogP contribution in [0.4, 0.5) is 0 Å². The Balaban J connectivity index is 1.61. The molecule has 7 heteroatoms. The standard InChI is InChI=1S/C20H15N3O3S/c1-13-10-18(26-23-13)15-11-21-20(22-19(15)17-8-5-9-25-17)27-12-16(24)14-6-3-2-4-7-14/h2-11H,12H2,1H3. The normalized spacial score (nSPS) is 10.9. The highest BCUT2D eigenvalue weighted by molar-refractivity contribution is 7.99. The van der Waals surface area contributed by atoms with Gasteiger partial charge in [-0.05, 0) is 19.1 Å². The summed E-state index contributed by atoms with van der Waals surface area (Å²) in [6.45, 7) is 1.85. The van der Waals surface area contributed by atoms with E-state index in [0.29, 0.717) is 33.5 Å². The van der Waals surface area contributed by atoms with Crippen LogP contribution in [0.15, 0.2) is 75.1 Å². The van der Waals surface area contributed by atoms with Crippen LogP contribution in [0.5, 0.6) is 0 Å². The highest BCUT2D eigenvalue weighted by Crippen LogP contribution is 2.32. The third-order valence-electron chi connectivity index (χ3n) is 3.84. The first-order chi connectivity index (χ1) is 13.2. The third-order valence-corrected chi connectivity index (χ3v) is 4.70. The van der Waals surface area contributed by atoms with Crippen LogP contribution < -0.4 is 0 Å². The zero-order valence-corrected chi connectivity index (χ0v) is 15.3. The van der Waals surface area contributed by atoms with Crippen LogP contribution in [0.2, 0.25) is 0 Å². The molecule has 134 valence electrons. The first-order valence-corrected chi connectivity index (χ1v) is 9.25. The lowest BCUT2D eigenvalue weighted by Crippen LogP contribution is -2.03. The molecule has 0 saturated heterocycles. The number of hydrogen-bond donors (Lipinski definition) is 0. The summed E-state index contributed by atoms with van der Waals surface area (Å²) in [7, 11) is 0. The average Bonchev–Trinajstić information content (AvgIpc) is 3.38. The molecule has 0 unspecified atom stereocenters. The van der Waals surface area contributed by atoms with Gasteiger partial charge in [0.15, 0.2) is 22.5 Å². The van der Waals surface area contributed by atoms with Crippen LogP contribution in [0, 0.1) is 6.92 Å². The molecule has 0 aliphatic heterocycles. The fourth-order valence-corrected chi connectivity index (χ4v) is 3.25. The van der Waals surface area contributed by atoms with Crippen LogP contribution >= 0.6 is 11.8 Å². The first kappa shape index (κ1) is 17.2. The molecule has 0 atom stereocenters. The highest BCUT2D eigenvalue weighted by atomic mass is 32.2. The van der Waals surface area contributed by atoms with Gasteiger partial charge in [0.1, 0.15) is 5.69 Å². The number of hydrogen-bond acceptors (Lipinski definition) is 7. The van der Waals surface area contributed by atoms with Gasteiger partial charge >= 0.3 is 0 Å². The number of thioether (sulfide) groups is 1. The van der Waals surface area contributed by atoms with Gasteiger partial charge in [0, 0.05) is 17.8 Å². The molecule has 0 fully saturated rings. The second-order valence-electron chi connectivity index (χ2n) is 5.80. The van der Waals surface area contributed by atoms with Gasteiger partial charge in [0.25, 0.3) is 0 Å². The highest BCUT2D eigenvalue weighted by Gasteiger charge is 2.18. The Bertz CT molecular complexity index is 1060. The topological polar surface area (TPSA) is 82.0 Å². The van der Waals surface area contributed by atoms with E-state index in [4.69, 9.17) is 8.94 Å². The Labute approximate surface area is 159 Å². The number of aromatic nitrogens is 3. The van der Waals surface area contributed by atoms with E-state index in [9.17, 15) is 4.79 Å². The van der Waals surface area contributed by atoms with Gasteiger partial charge in [-0.2, -0.15) is 0 Å². The van der Waals surface area contributed by atoms with Gasteiger partial charge in [-0.25, -0.2) is 9.97 Å². The van der Waals surface area contributed by atoms with Crippen LogP contribution in [0.1, 0.15) is 16.1 Å². The molecule has 0 N–H and O–H groups in total. The Morgan fingerprint density at radius 1 is 1.11 bits per heavy atom. The molecular formula is C20H15N3O3S. The van der Waals surface area contributed by atoms with E-state index in [1.54, 1.807) is 30.7 Å². The number of benzene rings is 1. The molecular weight excluding hydrogens is 362 g/mol. The number of nitrogens with zero attached hydrogens (tertiary/aromatic N) is 3. The van der Waals surface area contributed by atoms with Gasteiger partial charge in [-0.3, -0.25) is 4.79 Å². The lowest BCUT2D eigenvalue weighted by atomic mass is 10.1. The van der Waals surface area contributed by atoms with Gasteiger partial charge < -0.3 is 8.94 Å². The molecule has 6 nitrogen and oxygen atoms in total. The summed E-state index contributed by atoms with van der Waals surface area (Å²) in [5.74, 6) is 1.44. The fraction of sp³-hybridized carbons (Fsp3) is 0.100. The van der Waals surface area contributed by atoms with E-state index in [2.05, 4.69) is 15.1 Å². The van der Waals surface area contributed by atoms with Crippen molar-refractivity contribution >= 4 is 17.5 Å². The van der Waals surface area contributed by atoms with Gasteiger partial charge in [0.2, 0.25) is 0 Å². The van der Waals surface area contributed by atoms with Crippen LogP contribution in [-0.4, -0.2) is 26.7 Å². The monoisotopic (exact) mass is 377 g/mol. The number of carbonyl (C=O) groups excluding carboxylic acids is 1. The molecule has 0 amide bonds. The number of ketones is 1. The summed E-state index contributed by atoms with van der Waals surface area (Å²) in [6.07, 6.45) is 3.25. The summed E-state index contributed by atoms with van der Waals surface area (Å²) in [6, 6.07) is 14.6. The second-order valence-corrected chi connectivity index (χ2v) is 6.75. The smallest absolute Gasteiger partial charge is 0.188 e. The minimum atomic E-state index is 0.0266. The van der Waals surface area contributed by atoms with Crippen molar-refractivity contribution in [3.05, 3.63) is 72.2 Å². The third kappa shape index (κ3) is 3.83. The summed E-state index contributed by atoms with van der Waals surface area (Å²) >= 11 is 1.28. The fourth-order valence-electron chi connectivity index (χ4n) is 2.54. The van der Waals surface area contributed by atoms with Gasteiger partial charge in [-0.1, -0.05) is 47.3 Å². The average molecular weight is 377 g/mol. The Kier molecular flexibility index (Phi) is 4.84. The Morgan fingerprint density at radius 3 is 2.67 bits per heavy atom. The SMILES string of the molecule is Cc1cc(-c2cnc(SCC(=O)c3ccccc3)nc2-c2ccco2)on1. The van der Waals surface area contributed by atoms with Crippen molar-refractivity contribution in [3.8, 4) is 22.8 Å². The van der Waals surface area contributed by atoms with Gasteiger partial charge in [0.05, 0.1) is 23.3 Å². The van der Waals surface area contributed by atoms with Crippen LogP contribution in [0.25, 0.3) is 22.8 Å². The summed E-state index contributed by atoms with van der Waals surface area (Å²) in [4.78, 5) is 21.3. The molecule has 4 aromatic rings. The lowest BCUT2D eigenvalue weighted by Gasteiger charge is -2.06. The first-order valence-electron chi connectivity index (χ1n) is 8.26. The predicted molar refractivity (Wildman–Crippen MR) is 101 cm³/mol. The van der Waals surface area contributed by atoms with Crippen LogP contribution in [-0.2, 0) is 0 Å². The zero-order chi connectivity index (χ0) is 18.6. The van der Waals surface area contributed by atoms with Crippen molar-refractivity contribution in [1.82, 2.24) is 15.1 Å². The molecule has 4 rings (SSSR count). The molecule has 0 saturated carbocycles. The molecule has 0 aliphatic carbocycles. The molecule has 0 bridgehead atoms. The number of carbonyl (C=O) groups is 1. The minimum Gasteiger partial charge on any atom is -0.463 e. The van der Waals surface area contributed by atoms with E-state index in [1.807, 2.05) is 37.3 Å². The largest absolute Gasteiger partial charge is 0.463 e. The van der Waals surface area contributed by atoms with Crippen LogP contribution in [0.3, 0.4) is 0 Å². The van der Waals surface area contributed by atoms with E-state index >= 15 is 0 Å². The number of aryl methyl sites for hydroxylation is 1. The molecule has 27 heavy (non-hydrogen) atoms. The van der Waals surface area contributed by atoms with Gasteiger partial charge in [-0.15, -0.1) is 0 Å². The predicted octanol–water partition coefficient (Wildman–Crippen LogP) is 4.68. The molecule has 0 radical (unpaired) electrons. The quantitative estimate of drug-likeness (QED) is 0.274. The zero-order valence-electron chi connectivity index (χ0n) is 14.5. The Hall–Kier alpha value is -3.19. The van der Waals surface area contributed by atoms with Crippen molar-refractivity contribution in [2.45, 2.75) is 12.1 Å².